The number of benzene rings is 1. The molecule has 5 heteroatoms. The van der Waals surface area contributed by atoms with Crippen LogP contribution in [0.2, 0.25) is 0 Å². The van der Waals surface area contributed by atoms with Crippen LogP contribution in [0.15, 0.2) is 35.8 Å². The van der Waals surface area contributed by atoms with Crippen molar-refractivity contribution in [3.05, 3.63) is 45.6 Å². The molecule has 0 bridgehead atoms. The third-order valence-corrected chi connectivity index (χ3v) is 4.47. The van der Waals surface area contributed by atoms with Crippen molar-refractivity contribution in [1.82, 2.24) is 14.5 Å². The lowest BCUT2D eigenvalue weighted by atomic mass is 10.1. The molecule has 0 atom stereocenters. The zero-order chi connectivity index (χ0) is 12.8. The minimum atomic E-state index is -0.245. The van der Waals surface area contributed by atoms with Gasteiger partial charge in [0.05, 0.1) is 16.6 Å². The molecular formula is C13H13N3S2. The number of rotatable bonds is 2. The van der Waals surface area contributed by atoms with Crippen molar-refractivity contribution >= 4 is 34.6 Å². The number of hydrogen-bond acceptors (Lipinski definition) is 3. The van der Waals surface area contributed by atoms with Crippen molar-refractivity contribution in [3.8, 4) is 0 Å². The van der Waals surface area contributed by atoms with Gasteiger partial charge in [0.2, 0.25) is 0 Å². The molecule has 0 aliphatic carbocycles. The smallest absolute Gasteiger partial charge is 0.178 e. The van der Waals surface area contributed by atoms with Crippen molar-refractivity contribution in [1.29, 1.82) is 0 Å². The van der Waals surface area contributed by atoms with Crippen LogP contribution in [-0.4, -0.2) is 14.5 Å². The van der Waals surface area contributed by atoms with Gasteiger partial charge in [-0.25, -0.2) is 4.98 Å². The van der Waals surface area contributed by atoms with Gasteiger partial charge in [0.15, 0.2) is 4.77 Å². The quantitative estimate of drug-likeness (QED) is 0.719. The molecule has 2 aromatic heterocycles. The van der Waals surface area contributed by atoms with Gasteiger partial charge in [-0.2, -0.15) is 0 Å². The molecule has 92 valence electrons. The highest BCUT2D eigenvalue weighted by Gasteiger charge is 2.28. The topological polar surface area (TPSA) is 33.6 Å². The largest absolute Gasteiger partial charge is 0.331 e. The standard InChI is InChI=1S/C13H13N3S2/c1-13(2,11-14-7-8-18-11)16-10-6-4-3-5-9(10)15-12(16)17/h3-8H,1-2H3,(H,15,17). The van der Waals surface area contributed by atoms with Crippen LogP contribution < -0.4 is 0 Å². The third-order valence-electron chi connectivity index (χ3n) is 3.10. The van der Waals surface area contributed by atoms with Gasteiger partial charge in [-0.1, -0.05) is 12.1 Å². The van der Waals surface area contributed by atoms with Gasteiger partial charge in [-0.15, -0.1) is 11.3 Å². The Kier molecular flexibility index (Phi) is 2.60. The van der Waals surface area contributed by atoms with E-state index in [4.69, 9.17) is 12.2 Å². The zero-order valence-electron chi connectivity index (χ0n) is 10.2. The molecular weight excluding hydrogens is 262 g/mol. The lowest BCUT2D eigenvalue weighted by Crippen LogP contribution is -2.27. The molecule has 3 rings (SSSR count). The minimum Gasteiger partial charge on any atom is -0.331 e. The zero-order valence-corrected chi connectivity index (χ0v) is 11.8. The number of aromatic amines is 1. The Labute approximate surface area is 114 Å². The second-order valence-electron chi connectivity index (χ2n) is 4.68. The molecule has 3 nitrogen and oxygen atoms in total. The summed E-state index contributed by atoms with van der Waals surface area (Å²) in [5.74, 6) is 0. The van der Waals surface area contributed by atoms with Crippen LogP contribution in [0.25, 0.3) is 11.0 Å². The number of H-pyrrole nitrogens is 1. The summed E-state index contributed by atoms with van der Waals surface area (Å²) in [4.78, 5) is 7.68. The van der Waals surface area contributed by atoms with E-state index in [1.165, 1.54) is 0 Å². The second kappa shape index (κ2) is 4.03. The summed E-state index contributed by atoms with van der Waals surface area (Å²) in [6, 6.07) is 8.16. The fraction of sp³-hybridized carbons (Fsp3) is 0.231. The highest BCUT2D eigenvalue weighted by atomic mass is 32.1. The number of nitrogens with one attached hydrogen (secondary N) is 1. The fourth-order valence-corrected chi connectivity index (χ4v) is 3.42. The summed E-state index contributed by atoms with van der Waals surface area (Å²) in [6.45, 7) is 4.28. The van der Waals surface area contributed by atoms with E-state index in [1.807, 2.05) is 29.8 Å². The highest BCUT2D eigenvalue weighted by Crippen LogP contribution is 2.31. The number of aromatic nitrogens is 3. The fourth-order valence-electron chi connectivity index (χ4n) is 2.23. The third kappa shape index (κ3) is 1.62. The van der Waals surface area contributed by atoms with Crippen LogP contribution in [0.3, 0.4) is 0 Å². The van der Waals surface area contributed by atoms with Gasteiger partial charge in [0, 0.05) is 11.6 Å². The lowest BCUT2D eigenvalue weighted by molar-refractivity contribution is 0.441. The molecule has 3 aromatic rings. The minimum absolute atomic E-state index is 0.245. The predicted octanol–water partition coefficient (Wildman–Crippen LogP) is 3.94. The highest BCUT2D eigenvalue weighted by molar-refractivity contribution is 7.71. The van der Waals surface area contributed by atoms with Crippen molar-refractivity contribution in [2.24, 2.45) is 0 Å². The van der Waals surface area contributed by atoms with E-state index in [-0.39, 0.29) is 5.54 Å². The molecule has 0 saturated heterocycles. The molecule has 18 heavy (non-hydrogen) atoms. The van der Waals surface area contributed by atoms with Crippen LogP contribution >= 0.6 is 23.6 Å². The first-order valence-electron chi connectivity index (χ1n) is 5.71. The number of nitrogens with zero attached hydrogens (tertiary/aromatic N) is 2. The monoisotopic (exact) mass is 275 g/mol. The first-order chi connectivity index (χ1) is 8.60. The summed E-state index contributed by atoms with van der Waals surface area (Å²) in [5, 5.41) is 3.05. The van der Waals surface area contributed by atoms with E-state index in [2.05, 4.69) is 34.4 Å². The Morgan fingerprint density at radius 3 is 2.83 bits per heavy atom. The lowest BCUT2D eigenvalue weighted by Gasteiger charge is -2.25. The van der Waals surface area contributed by atoms with E-state index in [0.717, 1.165) is 20.8 Å². The van der Waals surface area contributed by atoms with Crippen LogP contribution in [0, 0.1) is 4.77 Å². The maximum atomic E-state index is 5.46. The van der Waals surface area contributed by atoms with E-state index in [1.54, 1.807) is 11.3 Å². The number of hydrogen-bond donors (Lipinski definition) is 1. The normalized spacial score (nSPS) is 12.1. The van der Waals surface area contributed by atoms with Gasteiger partial charge in [-0.3, -0.25) is 0 Å². The Bertz CT molecular complexity index is 735. The van der Waals surface area contributed by atoms with Crippen LogP contribution in [-0.2, 0) is 5.54 Å². The maximum Gasteiger partial charge on any atom is 0.178 e. The molecule has 1 N–H and O–H groups in total. The van der Waals surface area contributed by atoms with Gasteiger partial charge in [0.1, 0.15) is 5.01 Å². The van der Waals surface area contributed by atoms with Crippen LogP contribution in [0.4, 0.5) is 0 Å². The Hall–Kier alpha value is -1.46. The molecule has 0 amide bonds. The maximum absolute atomic E-state index is 5.46. The van der Waals surface area contributed by atoms with E-state index < -0.39 is 0 Å². The molecule has 0 aliphatic rings. The van der Waals surface area contributed by atoms with Gasteiger partial charge < -0.3 is 9.55 Å². The molecule has 0 radical (unpaired) electrons. The average Bonchev–Trinajstić information content (AvgIpc) is 2.94. The van der Waals surface area contributed by atoms with Gasteiger partial charge in [-0.05, 0) is 38.2 Å². The van der Waals surface area contributed by atoms with E-state index >= 15 is 0 Å². The molecule has 2 heterocycles. The summed E-state index contributed by atoms with van der Waals surface area (Å²) in [5.41, 5.74) is 1.93. The van der Waals surface area contributed by atoms with Crippen molar-refractivity contribution in [2.75, 3.05) is 0 Å². The predicted molar refractivity (Wildman–Crippen MR) is 77.7 cm³/mol. The van der Waals surface area contributed by atoms with Crippen LogP contribution in [0.5, 0.6) is 0 Å². The molecule has 0 spiro atoms. The van der Waals surface area contributed by atoms with Crippen molar-refractivity contribution < 1.29 is 0 Å². The van der Waals surface area contributed by atoms with Crippen molar-refractivity contribution in [2.45, 2.75) is 19.4 Å². The van der Waals surface area contributed by atoms with Crippen LogP contribution in [0.1, 0.15) is 18.9 Å². The molecule has 0 saturated carbocycles. The molecule has 0 unspecified atom stereocenters. The molecule has 0 fully saturated rings. The van der Waals surface area contributed by atoms with Gasteiger partial charge in [0.25, 0.3) is 0 Å². The number of fused-ring (bicyclic) bond motifs is 1. The van der Waals surface area contributed by atoms with E-state index in [9.17, 15) is 0 Å². The average molecular weight is 275 g/mol. The molecule has 0 aliphatic heterocycles. The molecule has 1 aromatic carbocycles. The van der Waals surface area contributed by atoms with Crippen molar-refractivity contribution in [3.63, 3.8) is 0 Å². The number of imidazole rings is 1. The summed E-state index contributed by atoms with van der Waals surface area (Å²) in [6.07, 6.45) is 1.83. The summed E-state index contributed by atoms with van der Waals surface area (Å²) in [7, 11) is 0. The Balaban J connectivity index is 2.32. The Morgan fingerprint density at radius 2 is 2.11 bits per heavy atom. The summed E-state index contributed by atoms with van der Waals surface area (Å²) < 4.78 is 2.87. The summed E-state index contributed by atoms with van der Waals surface area (Å²) >= 11 is 7.11. The number of para-hydroxylation sites is 2. The SMILES string of the molecule is CC(C)(c1nccs1)n1c(=S)[nH]c2ccccc21. The second-order valence-corrected chi connectivity index (χ2v) is 5.96. The first kappa shape index (κ1) is 11.6. The first-order valence-corrected chi connectivity index (χ1v) is 7.00. The van der Waals surface area contributed by atoms with E-state index in [0.29, 0.717) is 0 Å². The Morgan fingerprint density at radius 1 is 1.33 bits per heavy atom. The van der Waals surface area contributed by atoms with Gasteiger partial charge >= 0.3 is 0 Å². The number of thiazole rings is 1.